The van der Waals surface area contributed by atoms with E-state index in [1.807, 2.05) is 0 Å². The van der Waals surface area contributed by atoms with Crippen molar-refractivity contribution in [2.75, 3.05) is 30.9 Å². The molecule has 0 aliphatic heterocycles. The van der Waals surface area contributed by atoms with Gasteiger partial charge in [-0.2, -0.15) is 13.2 Å². The molecule has 6 nitrogen and oxygen atoms in total. The van der Waals surface area contributed by atoms with Crippen molar-refractivity contribution in [3.8, 4) is 0 Å². The fraction of sp³-hybridized carbons (Fsp3) is 0.267. The number of aromatic nitrogens is 2. The van der Waals surface area contributed by atoms with Crippen LogP contribution >= 0.6 is 0 Å². The molecular formula is C15H15F3N4O2. The highest BCUT2D eigenvalue weighted by atomic mass is 19.4. The van der Waals surface area contributed by atoms with Crippen LogP contribution in [0.3, 0.4) is 0 Å². The van der Waals surface area contributed by atoms with Crippen LogP contribution in [0.5, 0.6) is 0 Å². The van der Waals surface area contributed by atoms with Gasteiger partial charge in [0.15, 0.2) is 5.82 Å². The maximum absolute atomic E-state index is 12.5. The summed E-state index contributed by atoms with van der Waals surface area (Å²) in [7, 11) is 1.58. The van der Waals surface area contributed by atoms with E-state index in [0.717, 1.165) is 24.3 Å². The monoisotopic (exact) mass is 340 g/mol. The highest BCUT2D eigenvalue weighted by molar-refractivity contribution is 6.03. The summed E-state index contributed by atoms with van der Waals surface area (Å²) in [4.78, 5) is 12.0. The largest absolute Gasteiger partial charge is 0.416 e. The zero-order valence-corrected chi connectivity index (χ0v) is 12.7. The summed E-state index contributed by atoms with van der Waals surface area (Å²) in [6, 6.07) is 7.06. The van der Waals surface area contributed by atoms with Crippen LogP contribution in [0.1, 0.15) is 15.9 Å². The maximum Gasteiger partial charge on any atom is 0.416 e. The Labute approximate surface area is 136 Å². The van der Waals surface area contributed by atoms with Crippen LogP contribution in [0.15, 0.2) is 36.4 Å². The number of nitrogens with zero attached hydrogens (tertiary/aromatic N) is 2. The third kappa shape index (κ3) is 4.92. The van der Waals surface area contributed by atoms with Crippen LogP contribution in [-0.4, -0.2) is 36.4 Å². The van der Waals surface area contributed by atoms with Gasteiger partial charge in [0.2, 0.25) is 0 Å². The predicted molar refractivity (Wildman–Crippen MR) is 81.8 cm³/mol. The Morgan fingerprint density at radius 1 is 1.08 bits per heavy atom. The van der Waals surface area contributed by atoms with Gasteiger partial charge in [0.05, 0.1) is 12.2 Å². The molecule has 0 radical (unpaired) electrons. The topological polar surface area (TPSA) is 76.1 Å². The summed E-state index contributed by atoms with van der Waals surface area (Å²) in [5.41, 5.74) is -0.725. The van der Waals surface area contributed by atoms with Gasteiger partial charge in [0.25, 0.3) is 5.91 Å². The van der Waals surface area contributed by atoms with Crippen molar-refractivity contribution >= 4 is 17.5 Å². The second-order valence-electron chi connectivity index (χ2n) is 4.75. The highest BCUT2D eigenvalue weighted by Crippen LogP contribution is 2.29. The summed E-state index contributed by atoms with van der Waals surface area (Å²) >= 11 is 0. The number of nitrogens with one attached hydrogen (secondary N) is 2. The minimum atomic E-state index is -4.44. The molecule has 24 heavy (non-hydrogen) atoms. The Balaban J connectivity index is 1.96. The molecule has 2 rings (SSSR count). The van der Waals surface area contributed by atoms with E-state index in [1.54, 1.807) is 13.2 Å². The van der Waals surface area contributed by atoms with E-state index in [1.165, 1.54) is 6.07 Å². The van der Waals surface area contributed by atoms with Gasteiger partial charge in [-0.15, -0.1) is 10.2 Å². The molecule has 1 aromatic carbocycles. The summed E-state index contributed by atoms with van der Waals surface area (Å²) in [6.45, 7) is 1.07. The summed E-state index contributed by atoms with van der Waals surface area (Å²) < 4.78 is 42.3. The molecule has 1 aromatic heterocycles. The number of hydrogen-bond acceptors (Lipinski definition) is 5. The predicted octanol–water partition coefficient (Wildman–Crippen LogP) is 2.81. The molecule has 1 heterocycles. The third-order valence-electron chi connectivity index (χ3n) is 2.99. The van der Waals surface area contributed by atoms with Crippen LogP contribution in [-0.2, 0) is 10.9 Å². The van der Waals surface area contributed by atoms with E-state index in [2.05, 4.69) is 20.8 Å². The smallest absolute Gasteiger partial charge is 0.383 e. The van der Waals surface area contributed by atoms with Gasteiger partial charge in [0.1, 0.15) is 5.82 Å². The van der Waals surface area contributed by atoms with Crippen molar-refractivity contribution in [3.05, 3.63) is 47.5 Å². The van der Waals surface area contributed by atoms with E-state index in [4.69, 9.17) is 4.74 Å². The quantitative estimate of drug-likeness (QED) is 0.791. The van der Waals surface area contributed by atoms with Crippen molar-refractivity contribution in [2.24, 2.45) is 0 Å². The Kier molecular flexibility index (Phi) is 5.69. The van der Waals surface area contributed by atoms with Gasteiger partial charge in [-0.3, -0.25) is 4.79 Å². The SMILES string of the molecule is COCCNc1ccc(NC(=O)c2ccc(C(F)(F)F)cc2)nn1. The van der Waals surface area contributed by atoms with E-state index in [0.29, 0.717) is 19.0 Å². The zero-order valence-electron chi connectivity index (χ0n) is 12.7. The minimum Gasteiger partial charge on any atom is -0.383 e. The van der Waals surface area contributed by atoms with Crippen LogP contribution in [0.4, 0.5) is 24.8 Å². The first-order valence-electron chi connectivity index (χ1n) is 6.95. The summed E-state index contributed by atoms with van der Waals surface area (Å²) in [5, 5.41) is 13.1. The number of ether oxygens (including phenoxy) is 1. The second kappa shape index (κ2) is 7.73. The zero-order chi connectivity index (χ0) is 17.6. The molecule has 0 bridgehead atoms. The molecule has 0 aliphatic rings. The number of carbonyl (C=O) groups excluding carboxylic acids is 1. The molecule has 0 fully saturated rings. The summed E-state index contributed by atoms with van der Waals surface area (Å²) in [6.07, 6.45) is -4.44. The number of rotatable bonds is 6. The lowest BCUT2D eigenvalue weighted by molar-refractivity contribution is -0.137. The Morgan fingerprint density at radius 2 is 1.71 bits per heavy atom. The standard InChI is InChI=1S/C15H15F3N4O2/c1-24-9-8-19-12-6-7-13(22-21-12)20-14(23)10-2-4-11(5-3-10)15(16,17)18/h2-7H,8-9H2,1H3,(H,19,21)(H,20,22,23). The summed E-state index contributed by atoms with van der Waals surface area (Å²) in [5.74, 6) is 0.134. The molecule has 0 unspecified atom stereocenters. The number of alkyl halides is 3. The number of halogens is 3. The fourth-order valence-electron chi connectivity index (χ4n) is 1.77. The van der Waals surface area contributed by atoms with Crippen LogP contribution < -0.4 is 10.6 Å². The van der Waals surface area contributed by atoms with E-state index in [9.17, 15) is 18.0 Å². The van der Waals surface area contributed by atoms with Crippen molar-refractivity contribution in [3.63, 3.8) is 0 Å². The maximum atomic E-state index is 12.5. The lowest BCUT2D eigenvalue weighted by Crippen LogP contribution is -2.15. The second-order valence-corrected chi connectivity index (χ2v) is 4.75. The van der Waals surface area contributed by atoms with Crippen LogP contribution in [0.2, 0.25) is 0 Å². The molecule has 9 heteroatoms. The molecule has 0 aliphatic carbocycles. The van der Waals surface area contributed by atoms with E-state index < -0.39 is 17.6 Å². The Hall–Kier alpha value is -2.68. The molecule has 128 valence electrons. The van der Waals surface area contributed by atoms with Gasteiger partial charge >= 0.3 is 6.18 Å². The number of amides is 1. The van der Waals surface area contributed by atoms with Gasteiger partial charge < -0.3 is 15.4 Å². The van der Waals surface area contributed by atoms with Gasteiger partial charge in [-0.1, -0.05) is 0 Å². The van der Waals surface area contributed by atoms with Gasteiger partial charge in [-0.25, -0.2) is 0 Å². The number of carbonyl (C=O) groups is 1. The average Bonchev–Trinajstić information content (AvgIpc) is 2.56. The van der Waals surface area contributed by atoms with Crippen molar-refractivity contribution in [2.45, 2.75) is 6.18 Å². The molecule has 2 N–H and O–H groups in total. The third-order valence-corrected chi connectivity index (χ3v) is 2.99. The number of methoxy groups -OCH3 is 1. The molecular weight excluding hydrogens is 325 g/mol. The number of hydrogen-bond donors (Lipinski definition) is 2. The molecule has 2 aromatic rings. The average molecular weight is 340 g/mol. The van der Waals surface area contributed by atoms with Crippen molar-refractivity contribution in [1.82, 2.24) is 10.2 Å². The van der Waals surface area contributed by atoms with Gasteiger partial charge in [0, 0.05) is 19.2 Å². The first-order chi connectivity index (χ1) is 11.4. The lowest BCUT2D eigenvalue weighted by atomic mass is 10.1. The first-order valence-corrected chi connectivity index (χ1v) is 6.95. The highest BCUT2D eigenvalue weighted by Gasteiger charge is 2.30. The first kappa shape index (κ1) is 17.7. The normalized spacial score (nSPS) is 11.2. The number of benzene rings is 1. The molecule has 1 amide bonds. The fourth-order valence-corrected chi connectivity index (χ4v) is 1.77. The molecule has 0 atom stereocenters. The van der Waals surface area contributed by atoms with Gasteiger partial charge in [-0.05, 0) is 36.4 Å². The van der Waals surface area contributed by atoms with E-state index in [-0.39, 0.29) is 11.4 Å². The molecule has 0 saturated heterocycles. The number of anilines is 2. The minimum absolute atomic E-state index is 0.0899. The van der Waals surface area contributed by atoms with Crippen molar-refractivity contribution < 1.29 is 22.7 Å². The molecule has 0 saturated carbocycles. The van der Waals surface area contributed by atoms with Crippen molar-refractivity contribution in [1.29, 1.82) is 0 Å². The van der Waals surface area contributed by atoms with E-state index >= 15 is 0 Å². The lowest BCUT2D eigenvalue weighted by Gasteiger charge is -2.08. The Bertz CT molecular complexity index is 673. The van der Waals surface area contributed by atoms with Crippen LogP contribution in [0.25, 0.3) is 0 Å². The molecule has 0 spiro atoms. The Morgan fingerprint density at radius 3 is 2.25 bits per heavy atom. The van der Waals surface area contributed by atoms with Crippen LogP contribution in [0, 0.1) is 0 Å².